The van der Waals surface area contributed by atoms with Gasteiger partial charge in [-0.25, -0.2) is 0 Å². The summed E-state index contributed by atoms with van der Waals surface area (Å²) in [5, 5.41) is -0.0820. The number of fused-ring (bicyclic) bond motifs is 5. The van der Waals surface area contributed by atoms with Crippen LogP contribution in [0.25, 0.3) is 0 Å². The van der Waals surface area contributed by atoms with E-state index in [9.17, 15) is 35.9 Å². The number of hydrogen-bond donors (Lipinski definition) is 0. The van der Waals surface area contributed by atoms with Crippen LogP contribution in [0.4, 0.5) is 37.7 Å². The zero-order chi connectivity index (χ0) is 30.2. The van der Waals surface area contributed by atoms with Crippen molar-refractivity contribution < 1.29 is 35.9 Å². The number of amides is 2. The van der Waals surface area contributed by atoms with Crippen LogP contribution in [-0.2, 0) is 20.7 Å². The van der Waals surface area contributed by atoms with Crippen LogP contribution in [0.2, 0.25) is 10.0 Å². The highest BCUT2D eigenvalue weighted by Crippen LogP contribution is 2.71. The summed E-state index contributed by atoms with van der Waals surface area (Å²) < 4.78 is 87.2. The molecule has 0 spiro atoms. The third-order valence-electron chi connectivity index (χ3n) is 7.65. The van der Waals surface area contributed by atoms with E-state index < -0.39 is 35.2 Å². The molecule has 12 heteroatoms. The van der Waals surface area contributed by atoms with Crippen molar-refractivity contribution in [3.8, 4) is 0 Å². The third-order valence-corrected chi connectivity index (χ3v) is 8.12. The van der Waals surface area contributed by atoms with E-state index in [4.69, 9.17) is 23.2 Å². The van der Waals surface area contributed by atoms with Crippen molar-refractivity contribution in [3.63, 3.8) is 0 Å². The number of alkyl halides is 6. The molecule has 0 aromatic heterocycles. The van der Waals surface area contributed by atoms with Crippen LogP contribution in [0.15, 0.2) is 97.1 Å². The second-order valence-electron chi connectivity index (χ2n) is 9.75. The Bertz CT molecular complexity index is 1620. The van der Waals surface area contributed by atoms with E-state index in [1.54, 1.807) is 12.1 Å². The van der Waals surface area contributed by atoms with E-state index in [2.05, 4.69) is 0 Å². The van der Waals surface area contributed by atoms with Crippen LogP contribution in [0.1, 0.15) is 22.3 Å². The Kier molecular flexibility index (Phi) is 6.19. The van der Waals surface area contributed by atoms with Gasteiger partial charge in [0.25, 0.3) is 0 Å². The van der Waals surface area contributed by atoms with Gasteiger partial charge in [0.05, 0.1) is 11.4 Å². The highest BCUT2D eigenvalue weighted by Gasteiger charge is 2.77. The molecular formula is C30H16Cl2F6N2O2. The Morgan fingerprint density at radius 3 is 1.19 bits per heavy atom. The van der Waals surface area contributed by atoms with Gasteiger partial charge in [-0.15, -0.1) is 0 Å². The first-order chi connectivity index (χ1) is 19.8. The number of halogens is 8. The summed E-state index contributed by atoms with van der Waals surface area (Å²) in [6.07, 6.45) is -11.0. The van der Waals surface area contributed by atoms with Crippen LogP contribution < -0.4 is 9.80 Å². The maximum absolute atomic E-state index is 14.5. The molecule has 0 fully saturated rings. The molecule has 2 atom stereocenters. The lowest BCUT2D eigenvalue weighted by Gasteiger charge is -2.49. The molecule has 42 heavy (non-hydrogen) atoms. The van der Waals surface area contributed by atoms with Gasteiger partial charge in [0.15, 0.2) is 0 Å². The molecule has 4 aromatic rings. The fraction of sp³-hybridized carbons (Fsp3) is 0.133. The minimum Gasteiger partial charge on any atom is -0.287 e. The van der Waals surface area contributed by atoms with E-state index in [0.717, 1.165) is 12.1 Å². The van der Waals surface area contributed by atoms with Gasteiger partial charge < -0.3 is 0 Å². The SMILES string of the molecule is O=C(N1c2ccc(Cl)cc2[C@]2(c3ccccc3)N(C(=O)C(F)(F)F)c3ccc(Cl)cc3[C@]12c1ccccc1)C(F)(F)F. The molecule has 0 N–H and O–H groups in total. The van der Waals surface area contributed by atoms with E-state index in [1.807, 2.05) is 0 Å². The molecule has 2 aliphatic rings. The van der Waals surface area contributed by atoms with Gasteiger partial charge in [0.2, 0.25) is 0 Å². The van der Waals surface area contributed by atoms with Gasteiger partial charge in [0, 0.05) is 21.2 Å². The molecule has 214 valence electrons. The first-order valence-corrected chi connectivity index (χ1v) is 13.1. The fourth-order valence-electron chi connectivity index (χ4n) is 6.42. The van der Waals surface area contributed by atoms with Crippen molar-refractivity contribution in [1.29, 1.82) is 0 Å². The minimum absolute atomic E-state index is 0.000216. The zero-order valence-corrected chi connectivity index (χ0v) is 22.5. The standard InChI is InChI=1S/C30H16Cl2F6N2O2/c31-19-11-13-23-21(15-19)27(17-7-3-1-4-8-17)28(18-9-5-2-6-10-18,40(23)26(42)30(36,37)38)22-16-20(32)12-14-24(22)39(27)25(41)29(33,34)35/h1-16H/t27-,28-/m0/s1. The number of hydrogen-bond acceptors (Lipinski definition) is 2. The third kappa shape index (κ3) is 3.57. The molecule has 0 bridgehead atoms. The number of carbonyl (C=O) groups excluding carboxylic acids is 2. The summed E-state index contributed by atoms with van der Waals surface area (Å²) in [6, 6.07) is 21.7. The fourth-order valence-corrected chi connectivity index (χ4v) is 6.77. The Labute approximate surface area is 244 Å². The summed E-state index contributed by atoms with van der Waals surface area (Å²) in [5.41, 5.74) is -6.05. The highest BCUT2D eigenvalue weighted by atomic mass is 35.5. The highest BCUT2D eigenvalue weighted by molar-refractivity contribution is 6.31. The zero-order valence-electron chi connectivity index (χ0n) is 21.0. The average Bonchev–Trinajstić information content (AvgIpc) is 3.35. The second-order valence-corrected chi connectivity index (χ2v) is 10.6. The number of rotatable bonds is 2. The summed E-state index contributed by atoms with van der Waals surface area (Å²) in [5.74, 6) is -4.72. The minimum atomic E-state index is -5.48. The van der Waals surface area contributed by atoms with Crippen LogP contribution in [0, 0.1) is 0 Å². The number of benzene rings is 4. The normalized spacial score (nSPS) is 21.1. The summed E-state index contributed by atoms with van der Waals surface area (Å²) >= 11 is 12.7. The lowest BCUT2D eigenvalue weighted by molar-refractivity contribution is -0.173. The molecule has 4 nitrogen and oxygen atoms in total. The van der Waals surface area contributed by atoms with Gasteiger partial charge in [-0.3, -0.25) is 19.4 Å². The monoisotopic (exact) mass is 620 g/mol. The largest absolute Gasteiger partial charge is 0.471 e. The molecule has 2 heterocycles. The van der Waals surface area contributed by atoms with Gasteiger partial charge in [-0.05, 0) is 47.5 Å². The van der Waals surface area contributed by atoms with Crippen LogP contribution in [-0.4, -0.2) is 24.2 Å². The maximum atomic E-state index is 14.5. The number of carbonyl (C=O) groups is 2. The summed E-state index contributed by atoms with van der Waals surface area (Å²) in [7, 11) is 0. The molecule has 2 amide bonds. The van der Waals surface area contributed by atoms with Crippen molar-refractivity contribution >= 4 is 46.4 Å². The Morgan fingerprint density at radius 2 is 0.881 bits per heavy atom. The summed E-state index contributed by atoms with van der Waals surface area (Å²) in [6.45, 7) is 0. The van der Waals surface area contributed by atoms with E-state index in [-0.39, 0.29) is 43.7 Å². The lowest BCUT2D eigenvalue weighted by atomic mass is 9.65. The van der Waals surface area contributed by atoms with Crippen molar-refractivity contribution in [2.45, 2.75) is 23.4 Å². The predicted molar refractivity (Wildman–Crippen MR) is 144 cm³/mol. The predicted octanol–water partition coefficient (Wildman–Crippen LogP) is 8.00. The quantitative estimate of drug-likeness (QED) is 0.213. The van der Waals surface area contributed by atoms with Crippen LogP contribution in [0.3, 0.4) is 0 Å². The number of anilines is 2. The maximum Gasteiger partial charge on any atom is 0.471 e. The molecule has 0 unspecified atom stereocenters. The lowest BCUT2D eigenvalue weighted by Crippen LogP contribution is -2.65. The molecule has 0 aliphatic carbocycles. The summed E-state index contributed by atoms with van der Waals surface area (Å²) in [4.78, 5) is 28.0. The van der Waals surface area contributed by atoms with Crippen molar-refractivity contribution in [1.82, 2.24) is 0 Å². The molecule has 0 saturated heterocycles. The average molecular weight is 621 g/mol. The molecule has 6 rings (SSSR count). The van der Waals surface area contributed by atoms with Gasteiger partial charge >= 0.3 is 24.2 Å². The molecule has 0 radical (unpaired) electrons. The van der Waals surface area contributed by atoms with E-state index in [0.29, 0.717) is 9.80 Å². The molecule has 0 saturated carbocycles. The van der Waals surface area contributed by atoms with Crippen molar-refractivity contribution in [2.24, 2.45) is 0 Å². The van der Waals surface area contributed by atoms with Crippen molar-refractivity contribution in [2.75, 3.05) is 9.80 Å². The molecule has 2 aliphatic heterocycles. The van der Waals surface area contributed by atoms with E-state index >= 15 is 0 Å². The smallest absolute Gasteiger partial charge is 0.287 e. The van der Waals surface area contributed by atoms with Gasteiger partial charge in [0.1, 0.15) is 11.1 Å². The Hall–Kier alpha value is -4.02. The Balaban J connectivity index is 1.95. The van der Waals surface area contributed by atoms with Crippen LogP contribution >= 0.6 is 23.2 Å². The van der Waals surface area contributed by atoms with Gasteiger partial charge in [-0.1, -0.05) is 83.9 Å². The second kappa shape index (κ2) is 9.24. The first kappa shape index (κ1) is 28.1. The number of nitrogens with zero attached hydrogens (tertiary/aromatic N) is 2. The van der Waals surface area contributed by atoms with Crippen molar-refractivity contribution in [3.05, 3.63) is 129 Å². The first-order valence-electron chi connectivity index (χ1n) is 12.3. The molecular weight excluding hydrogens is 605 g/mol. The van der Waals surface area contributed by atoms with Crippen LogP contribution in [0.5, 0.6) is 0 Å². The topological polar surface area (TPSA) is 40.6 Å². The van der Waals surface area contributed by atoms with Gasteiger partial charge in [-0.2, -0.15) is 26.3 Å². The van der Waals surface area contributed by atoms with E-state index in [1.165, 1.54) is 72.8 Å². The molecule has 4 aromatic carbocycles. The Morgan fingerprint density at radius 1 is 0.548 bits per heavy atom.